The smallest absolute Gasteiger partial charge is 0.340 e. The van der Waals surface area contributed by atoms with Crippen molar-refractivity contribution < 1.29 is 14.3 Å². The van der Waals surface area contributed by atoms with E-state index in [1.54, 1.807) is 61.5 Å². The number of carbonyl (C=O) groups is 2. The summed E-state index contributed by atoms with van der Waals surface area (Å²) in [6.45, 7) is 1.94. The van der Waals surface area contributed by atoms with Crippen LogP contribution in [0.3, 0.4) is 0 Å². The quantitative estimate of drug-likeness (QED) is 0.621. The van der Waals surface area contributed by atoms with Crippen molar-refractivity contribution in [3.63, 3.8) is 0 Å². The Morgan fingerprint density at radius 2 is 1.90 bits per heavy atom. The second kappa shape index (κ2) is 9.10. The summed E-state index contributed by atoms with van der Waals surface area (Å²) in [4.78, 5) is 24.5. The van der Waals surface area contributed by atoms with Crippen molar-refractivity contribution >= 4 is 29.1 Å². The molecule has 1 heterocycles. The molecular formula is C21H17N5O3. The summed E-state index contributed by atoms with van der Waals surface area (Å²) < 4.78 is 5.00. The second-order valence-corrected chi connectivity index (χ2v) is 5.84. The fraction of sp³-hybridized carbons (Fsp3) is 0.0952. The van der Waals surface area contributed by atoms with E-state index in [0.29, 0.717) is 22.8 Å². The Balaban J connectivity index is 1.71. The maximum absolute atomic E-state index is 12.5. The highest BCUT2D eigenvalue weighted by Gasteiger charge is 2.16. The van der Waals surface area contributed by atoms with Crippen LogP contribution in [0.15, 0.2) is 60.7 Å². The monoisotopic (exact) mass is 387 g/mol. The van der Waals surface area contributed by atoms with Crippen LogP contribution in [0.25, 0.3) is 0 Å². The molecule has 8 nitrogen and oxygen atoms in total. The number of carbonyl (C=O) groups excluding carboxylic acids is 2. The average molecular weight is 387 g/mol. The predicted molar refractivity (Wildman–Crippen MR) is 107 cm³/mol. The molecule has 0 unspecified atom stereocenters. The lowest BCUT2D eigenvalue weighted by Crippen LogP contribution is -2.17. The predicted octanol–water partition coefficient (Wildman–Crippen LogP) is 3.52. The lowest BCUT2D eigenvalue weighted by atomic mass is 10.1. The van der Waals surface area contributed by atoms with Gasteiger partial charge in [-0.2, -0.15) is 5.26 Å². The lowest BCUT2D eigenvalue weighted by Gasteiger charge is -2.10. The van der Waals surface area contributed by atoms with Crippen molar-refractivity contribution in [2.75, 3.05) is 17.2 Å². The Kier molecular flexibility index (Phi) is 6.12. The molecule has 0 bridgehead atoms. The number of hydrogen-bond acceptors (Lipinski definition) is 7. The van der Waals surface area contributed by atoms with Crippen LogP contribution in [-0.4, -0.2) is 28.7 Å². The molecular weight excluding hydrogens is 370 g/mol. The molecule has 2 N–H and O–H groups in total. The van der Waals surface area contributed by atoms with E-state index < -0.39 is 11.9 Å². The molecule has 144 valence electrons. The number of nitrogens with one attached hydrogen (secondary N) is 2. The number of para-hydroxylation sites is 1. The Labute approximate surface area is 167 Å². The van der Waals surface area contributed by atoms with Crippen LogP contribution >= 0.6 is 0 Å². The first-order valence-corrected chi connectivity index (χ1v) is 8.79. The third-order valence-corrected chi connectivity index (χ3v) is 3.83. The van der Waals surface area contributed by atoms with Gasteiger partial charge in [0.2, 0.25) is 0 Å². The van der Waals surface area contributed by atoms with Gasteiger partial charge in [0.1, 0.15) is 0 Å². The van der Waals surface area contributed by atoms with Crippen LogP contribution in [-0.2, 0) is 4.74 Å². The molecule has 0 saturated carbocycles. The zero-order chi connectivity index (χ0) is 20.6. The highest BCUT2D eigenvalue weighted by molar-refractivity contribution is 6.07. The van der Waals surface area contributed by atoms with Gasteiger partial charge in [0.15, 0.2) is 11.5 Å². The molecule has 3 aromatic rings. The Morgan fingerprint density at radius 3 is 2.62 bits per heavy atom. The molecule has 0 aliphatic carbocycles. The highest BCUT2D eigenvalue weighted by Crippen LogP contribution is 2.18. The highest BCUT2D eigenvalue weighted by atomic mass is 16.5. The van der Waals surface area contributed by atoms with Crippen molar-refractivity contribution in [3.05, 3.63) is 77.5 Å². The van der Waals surface area contributed by atoms with Crippen LogP contribution < -0.4 is 10.6 Å². The van der Waals surface area contributed by atoms with E-state index in [-0.39, 0.29) is 17.9 Å². The normalized spacial score (nSPS) is 9.93. The van der Waals surface area contributed by atoms with E-state index >= 15 is 0 Å². The summed E-state index contributed by atoms with van der Waals surface area (Å²) >= 11 is 0. The molecule has 0 spiro atoms. The summed E-state index contributed by atoms with van der Waals surface area (Å²) in [7, 11) is 0. The molecule has 1 aromatic heterocycles. The second-order valence-electron chi connectivity index (χ2n) is 5.84. The van der Waals surface area contributed by atoms with Gasteiger partial charge in [0.05, 0.1) is 29.5 Å². The number of rotatable bonds is 6. The Hall–Kier alpha value is -4.25. The van der Waals surface area contributed by atoms with Crippen LogP contribution in [0.5, 0.6) is 0 Å². The number of benzene rings is 2. The zero-order valence-electron chi connectivity index (χ0n) is 15.5. The van der Waals surface area contributed by atoms with Crippen molar-refractivity contribution in [2.45, 2.75) is 6.92 Å². The molecule has 0 aliphatic rings. The van der Waals surface area contributed by atoms with Gasteiger partial charge >= 0.3 is 5.97 Å². The number of anilines is 3. The van der Waals surface area contributed by atoms with Crippen LogP contribution in [0, 0.1) is 11.3 Å². The van der Waals surface area contributed by atoms with Crippen molar-refractivity contribution in [1.82, 2.24) is 10.2 Å². The van der Waals surface area contributed by atoms with Gasteiger partial charge in [-0.1, -0.05) is 18.2 Å². The first-order chi connectivity index (χ1) is 14.1. The van der Waals surface area contributed by atoms with Crippen molar-refractivity contribution in [3.8, 4) is 6.07 Å². The van der Waals surface area contributed by atoms with E-state index in [4.69, 9.17) is 10.00 Å². The molecule has 29 heavy (non-hydrogen) atoms. The molecule has 0 atom stereocenters. The van der Waals surface area contributed by atoms with Gasteiger partial charge < -0.3 is 15.4 Å². The first-order valence-electron chi connectivity index (χ1n) is 8.79. The molecule has 3 rings (SSSR count). The molecule has 0 radical (unpaired) electrons. The van der Waals surface area contributed by atoms with Crippen molar-refractivity contribution in [2.24, 2.45) is 0 Å². The zero-order valence-corrected chi connectivity index (χ0v) is 15.5. The van der Waals surface area contributed by atoms with Gasteiger partial charge in [-0.05, 0) is 49.4 Å². The molecule has 8 heteroatoms. The number of esters is 1. The molecule has 1 amide bonds. The van der Waals surface area contributed by atoms with Gasteiger partial charge in [-0.3, -0.25) is 4.79 Å². The number of aromatic nitrogens is 2. The summed E-state index contributed by atoms with van der Waals surface area (Å²) in [5.74, 6) is -0.607. The van der Waals surface area contributed by atoms with Crippen molar-refractivity contribution in [1.29, 1.82) is 5.26 Å². The minimum atomic E-state index is -0.520. The topological polar surface area (TPSA) is 117 Å². The number of hydrogen-bond donors (Lipinski definition) is 2. The maximum Gasteiger partial charge on any atom is 0.340 e. The van der Waals surface area contributed by atoms with E-state index in [1.807, 2.05) is 0 Å². The Bertz CT molecular complexity index is 1070. The molecule has 0 saturated heterocycles. The van der Waals surface area contributed by atoms with Gasteiger partial charge in [0, 0.05) is 5.69 Å². The van der Waals surface area contributed by atoms with Gasteiger partial charge in [-0.25, -0.2) is 4.79 Å². The SMILES string of the molecule is CCOC(=O)c1ccccc1NC(=O)c1ccc(Nc2cccc(C#N)c2)nn1. The number of nitrogens with zero attached hydrogens (tertiary/aromatic N) is 3. The fourth-order valence-corrected chi connectivity index (χ4v) is 2.50. The molecule has 0 aliphatic heterocycles. The number of amides is 1. The van der Waals surface area contributed by atoms with E-state index in [2.05, 4.69) is 26.9 Å². The van der Waals surface area contributed by atoms with E-state index in [9.17, 15) is 9.59 Å². The molecule has 0 fully saturated rings. The largest absolute Gasteiger partial charge is 0.462 e. The standard InChI is InChI=1S/C21H17N5O3/c1-2-29-21(28)16-8-3-4-9-17(16)24-20(27)18-10-11-19(26-25-18)23-15-7-5-6-14(12-15)13-22/h3-12H,2H2,1H3,(H,23,26)(H,24,27). The van der Waals surface area contributed by atoms with E-state index in [1.165, 1.54) is 6.07 Å². The summed E-state index contributed by atoms with van der Waals surface area (Å²) in [6.07, 6.45) is 0. The van der Waals surface area contributed by atoms with Crippen LogP contribution in [0.1, 0.15) is 33.3 Å². The average Bonchev–Trinajstić information content (AvgIpc) is 2.75. The summed E-state index contributed by atoms with van der Waals surface area (Å²) in [5, 5.41) is 22.5. The van der Waals surface area contributed by atoms with E-state index in [0.717, 1.165) is 0 Å². The summed E-state index contributed by atoms with van der Waals surface area (Å²) in [5.41, 5.74) is 1.86. The lowest BCUT2D eigenvalue weighted by molar-refractivity contribution is 0.0527. The number of nitriles is 1. The van der Waals surface area contributed by atoms with Gasteiger partial charge in [0.25, 0.3) is 5.91 Å². The molecule has 2 aromatic carbocycles. The van der Waals surface area contributed by atoms with Gasteiger partial charge in [-0.15, -0.1) is 10.2 Å². The third-order valence-electron chi connectivity index (χ3n) is 3.83. The first kappa shape index (κ1) is 19.5. The Morgan fingerprint density at radius 1 is 1.07 bits per heavy atom. The summed E-state index contributed by atoms with van der Waals surface area (Å²) in [6, 6.07) is 18.6. The minimum absolute atomic E-state index is 0.0833. The van der Waals surface area contributed by atoms with Crippen LogP contribution in [0.2, 0.25) is 0 Å². The fourth-order valence-electron chi connectivity index (χ4n) is 2.50. The number of ether oxygens (including phenoxy) is 1. The minimum Gasteiger partial charge on any atom is -0.462 e. The maximum atomic E-state index is 12.5. The third kappa shape index (κ3) is 4.93. The van der Waals surface area contributed by atoms with Crippen LogP contribution in [0.4, 0.5) is 17.2 Å².